The summed E-state index contributed by atoms with van der Waals surface area (Å²) < 4.78 is 76.0. The highest BCUT2D eigenvalue weighted by Crippen LogP contribution is 2.54. The molecule has 0 aromatic heterocycles. The molecule has 0 bridgehead atoms. The summed E-state index contributed by atoms with van der Waals surface area (Å²) in [5.74, 6) is -6.74. The van der Waals surface area contributed by atoms with Gasteiger partial charge in [-0.1, -0.05) is 30.3 Å². The Hall–Kier alpha value is -2.19. The molecule has 0 spiro atoms. The van der Waals surface area contributed by atoms with Gasteiger partial charge in [-0.2, -0.15) is 22.0 Å². The molecule has 0 saturated carbocycles. The molecule has 4 nitrogen and oxygen atoms in total. The minimum atomic E-state index is -5.96. The van der Waals surface area contributed by atoms with Gasteiger partial charge in [0.15, 0.2) is 6.40 Å². The van der Waals surface area contributed by atoms with Crippen LogP contribution in [0.25, 0.3) is 0 Å². The summed E-state index contributed by atoms with van der Waals surface area (Å²) in [6, 6.07) is 3.75. The van der Waals surface area contributed by atoms with Crippen molar-refractivity contribution in [3.8, 4) is 0 Å². The number of carbonyl (C=O) groups excluding carboxylic acids is 1. The molecule has 0 fully saturated rings. The number of methoxy groups -OCH3 is 1. The molecule has 1 aliphatic rings. The Morgan fingerprint density at radius 3 is 2.32 bits per heavy atom. The van der Waals surface area contributed by atoms with Crippen molar-refractivity contribution in [2.24, 2.45) is 4.99 Å². The van der Waals surface area contributed by atoms with E-state index in [0.717, 1.165) is 19.2 Å². The van der Waals surface area contributed by atoms with Gasteiger partial charge in [0.25, 0.3) is 0 Å². The van der Waals surface area contributed by atoms with E-state index >= 15 is 0 Å². The summed E-state index contributed by atoms with van der Waals surface area (Å²) in [6.07, 6.45) is -5.54. The number of ether oxygens (including phenoxy) is 2. The van der Waals surface area contributed by atoms with Gasteiger partial charge in [0.2, 0.25) is 11.6 Å². The van der Waals surface area contributed by atoms with E-state index in [9.17, 15) is 26.7 Å². The third-order valence-electron chi connectivity index (χ3n) is 3.28. The van der Waals surface area contributed by atoms with Gasteiger partial charge in [-0.15, -0.1) is 0 Å². The van der Waals surface area contributed by atoms with Gasteiger partial charge in [0.1, 0.15) is 0 Å². The van der Waals surface area contributed by atoms with Crippen molar-refractivity contribution in [2.45, 2.75) is 23.7 Å². The highest BCUT2D eigenvalue weighted by Gasteiger charge is 2.77. The predicted octanol–water partition coefficient (Wildman–Crippen LogP) is 2.68. The van der Waals surface area contributed by atoms with Crippen LogP contribution in [0.4, 0.5) is 22.0 Å². The minimum absolute atomic E-state index is 0.411. The first kappa shape index (κ1) is 16.2. The molecule has 0 radical (unpaired) electrons. The van der Waals surface area contributed by atoms with Gasteiger partial charge in [-0.3, -0.25) is 0 Å². The molecule has 1 aromatic rings. The summed E-state index contributed by atoms with van der Waals surface area (Å²) >= 11 is 0. The van der Waals surface area contributed by atoms with E-state index in [4.69, 9.17) is 0 Å². The Labute approximate surface area is 121 Å². The van der Waals surface area contributed by atoms with Crippen LogP contribution in [0, 0.1) is 0 Å². The first-order valence-corrected chi connectivity index (χ1v) is 5.96. The maximum atomic E-state index is 14.2. The Bertz CT molecular complexity index is 587. The number of esters is 1. The fraction of sp³-hybridized carbons (Fsp3) is 0.385. The standard InChI is InChI=1S/C13H10F5NO3/c1-21-10(20)9-11(22-7-19-9,8-5-3-2-4-6-8)12(14,15)13(16,17)18/h2-7,9H,1H3/t9-,11+/m1/s1. The molecule has 2 atom stereocenters. The van der Waals surface area contributed by atoms with Gasteiger partial charge in [0.05, 0.1) is 7.11 Å². The molecule has 0 unspecified atom stereocenters. The van der Waals surface area contributed by atoms with Crippen molar-refractivity contribution in [1.82, 2.24) is 0 Å². The molecule has 0 aliphatic carbocycles. The second-order valence-corrected chi connectivity index (χ2v) is 4.47. The summed E-state index contributed by atoms with van der Waals surface area (Å²) in [5.41, 5.74) is -3.88. The SMILES string of the molecule is COC(=O)[C@H]1N=CO[C@]1(c1ccccc1)C(F)(F)C(F)(F)F. The van der Waals surface area contributed by atoms with Crippen molar-refractivity contribution in [2.75, 3.05) is 7.11 Å². The van der Waals surface area contributed by atoms with Crippen LogP contribution in [-0.2, 0) is 19.9 Å². The molecule has 120 valence electrons. The topological polar surface area (TPSA) is 47.9 Å². The highest BCUT2D eigenvalue weighted by molar-refractivity contribution is 5.82. The zero-order valence-corrected chi connectivity index (χ0v) is 11.1. The lowest BCUT2D eigenvalue weighted by Crippen LogP contribution is -2.61. The van der Waals surface area contributed by atoms with E-state index in [1.54, 1.807) is 0 Å². The number of hydrogen-bond acceptors (Lipinski definition) is 4. The zero-order chi connectivity index (χ0) is 16.6. The largest absolute Gasteiger partial charge is 0.467 e. The zero-order valence-electron chi connectivity index (χ0n) is 11.1. The Kier molecular flexibility index (Phi) is 3.84. The fourth-order valence-electron chi connectivity index (χ4n) is 2.23. The molecule has 1 heterocycles. The van der Waals surface area contributed by atoms with Crippen LogP contribution in [0.5, 0.6) is 0 Å². The van der Waals surface area contributed by atoms with E-state index in [0.29, 0.717) is 6.40 Å². The molecule has 1 aromatic carbocycles. The van der Waals surface area contributed by atoms with E-state index in [2.05, 4.69) is 14.5 Å². The van der Waals surface area contributed by atoms with Crippen LogP contribution in [0.3, 0.4) is 0 Å². The van der Waals surface area contributed by atoms with Crippen LogP contribution < -0.4 is 0 Å². The molecule has 0 N–H and O–H groups in total. The van der Waals surface area contributed by atoms with Crippen LogP contribution in [-0.4, -0.2) is 37.6 Å². The lowest BCUT2D eigenvalue weighted by molar-refractivity contribution is -0.341. The molecule has 9 heteroatoms. The van der Waals surface area contributed by atoms with Crippen molar-refractivity contribution in [3.63, 3.8) is 0 Å². The first-order chi connectivity index (χ1) is 10.2. The van der Waals surface area contributed by atoms with Crippen LogP contribution >= 0.6 is 0 Å². The Morgan fingerprint density at radius 1 is 1.23 bits per heavy atom. The molecule has 2 rings (SSSR count). The fourth-order valence-corrected chi connectivity index (χ4v) is 2.23. The number of alkyl halides is 5. The number of halogens is 5. The number of aliphatic imine (C=N–C) groups is 1. The second-order valence-electron chi connectivity index (χ2n) is 4.47. The average molecular weight is 323 g/mol. The predicted molar refractivity (Wildman–Crippen MR) is 64.5 cm³/mol. The molecule has 1 aliphatic heterocycles. The van der Waals surface area contributed by atoms with Crippen molar-refractivity contribution in [3.05, 3.63) is 35.9 Å². The highest BCUT2D eigenvalue weighted by atomic mass is 19.4. The lowest BCUT2D eigenvalue weighted by atomic mass is 9.80. The van der Waals surface area contributed by atoms with Crippen LogP contribution in [0.2, 0.25) is 0 Å². The van der Waals surface area contributed by atoms with Crippen LogP contribution in [0.1, 0.15) is 5.56 Å². The van der Waals surface area contributed by atoms with Gasteiger partial charge >= 0.3 is 18.1 Å². The monoisotopic (exact) mass is 323 g/mol. The van der Waals surface area contributed by atoms with Gasteiger partial charge in [-0.25, -0.2) is 9.79 Å². The minimum Gasteiger partial charge on any atom is -0.467 e. The molecular formula is C13H10F5NO3. The molecule has 22 heavy (non-hydrogen) atoms. The number of nitrogens with zero attached hydrogens (tertiary/aromatic N) is 1. The summed E-state index contributed by atoms with van der Waals surface area (Å²) in [4.78, 5) is 15.0. The van der Waals surface area contributed by atoms with Gasteiger partial charge in [0, 0.05) is 5.56 Å². The summed E-state index contributed by atoms with van der Waals surface area (Å²) in [6.45, 7) is 0. The quantitative estimate of drug-likeness (QED) is 0.635. The number of hydrogen-bond donors (Lipinski definition) is 0. The third-order valence-corrected chi connectivity index (χ3v) is 3.28. The Morgan fingerprint density at radius 2 is 1.82 bits per heavy atom. The van der Waals surface area contributed by atoms with E-state index in [1.165, 1.54) is 18.2 Å². The average Bonchev–Trinajstić information content (AvgIpc) is 2.92. The lowest BCUT2D eigenvalue weighted by Gasteiger charge is -2.39. The van der Waals surface area contributed by atoms with Gasteiger partial charge in [-0.05, 0) is 0 Å². The third kappa shape index (κ3) is 2.11. The van der Waals surface area contributed by atoms with Gasteiger partial charge < -0.3 is 9.47 Å². The summed E-state index contributed by atoms with van der Waals surface area (Å²) in [5, 5.41) is 0. The van der Waals surface area contributed by atoms with Crippen molar-refractivity contribution < 1.29 is 36.2 Å². The number of carbonyl (C=O) groups is 1. The number of rotatable bonds is 3. The molecule has 0 amide bonds. The first-order valence-electron chi connectivity index (χ1n) is 5.96. The maximum Gasteiger partial charge on any atom is 0.458 e. The van der Waals surface area contributed by atoms with E-state index in [-0.39, 0.29) is 0 Å². The number of benzene rings is 1. The van der Waals surface area contributed by atoms with E-state index < -0.39 is 35.3 Å². The molecule has 0 saturated heterocycles. The van der Waals surface area contributed by atoms with Crippen LogP contribution in [0.15, 0.2) is 35.3 Å². The summed E-state index contributed by atoms with van der Waals surface area (Å²) in [7, 11) is 0.859. The maximum absolute atomic E-state index is 14.2. The Balaban J connectivity index is 2.69. The van der Waals surface area contributed by atoms with Crippen molar-refractivity contribution >= 4 is 12.4 Å². The second kappa shape index (κ2) is 5.22. The van der Waals surface area contributed by atoms with Crippen molar-refractivity contribution in [1.29, 1.82) is 0 Å². The smallest absolute Gasteiger partial charge is 0.458 e. The normalized spacial score (nSPS) is 24.9. The molecular weight excluding hydrogens is 313 g/mol. The van der Waals surface area contributed by atoms with E-state index in [1.807, 2.05) is 0 Å².